The Morgan fingerprint density at radius 2 is 1.55 bits per heavy atom. The normalized spacial score (nSPS) is 10.0. The van der Waals surface area contributed by atoms with Crippen LogP contribution in [0, 0.1) is 0 Å². The molecule has 0 saturated heterocycles. The molecule has 0 heterocycles. The number of carboxylic acids is 1. The van der Waals surface area contributed by atoms with Gasteiger partial charge in [0, 0.05) is 25.9 Å². The standard InChI is InChI=1S/C16H22N2O4/c19-14(17-10-5-4-8-16(21)22)9-11-18-15(20)12-13-6-2-1-3-7-13/h1-3,6-7H,4-5,8-12H2,(H,17,19)(H,18,20)(H,21,22). The number of benzene rings is 1. The number of hydrogen-bond donors (Lipinski definition) is 3. The molecule has 0 radical (unpaired) electrons. The van der Waals surface area contributed by atoms with Crippen LogP contribution >= 0.6 is 0 Å². The van der Waals surface area contributed by atoms with Crippen molar-refractivity contribution in [2.45, 2.75) is 32.1 Å². The van der Waals surface area contributed by atoms with Crippen molar-refractivity contribution in [2.24, 2.45) is 0 Å². The smallest absolute Gasteiger partial charge is 0.303 e. The summed E-state index contributed by atoms with van der Waals surface area (Å²) in [6.45, 7) is 0.761. The van der Waals surface area contributed by atoms with Gasteiger partial charge < -0.3 is 15.7 Å². The number of nitrogens with one attached hydrogen (secondary N) is 2. The van der Waals surface area contributed by atoms with Gasteiger partial charge in [-0.05, 0) is 18.4 Å². The SMILES string of the molecule is O=C(O)CCCCNC(=O)CCNC(=O)Cc1ccccc1. The van der Waals surface area contributed by atoms with E-state index in [2.05, 4.69) is 10.6 Å². The summed E-state index contributed by atoms with van der Waals surface area (Å²) in [5.41, 5.74) is 0.933. The molecule has 0 atom stereocenters. The molecule has 6 nitrogen and oxygen atoms in total. The lowest BCUT2D eigenvalue weighted by Gasteiger charge is -2.06. The summed E-state index contributed by atoms with van der Waals surface area (Å²) in [6, 6.07) is 9.40. The van der Waals surface area contributed by atoms with Crippen molar-refractivity contribution in [3.05, 3.63) is 35.9 Å². The third-order valence-electron chi connectivity index (χ3n) is 3.02. The quantitative estimate of drug-likeness (QED) is 0.564. The van der Waals surface area contributed by atoms with Crippen LogP contribution in [-0.2, 0) is 20.8 Å². The molecule has 6 heteroatoms. The van der Waals surface area contributed by atoms with Crippen LogP contribution in [0.3, 0.4) is 0 Å². The lowest BCUT2D eigenvalue weighted by molar-refractivity contribution is -0.137. The number of rotatable bonds is 10. The zero-order chi connectivity index (χ0) is 16.2. The van der Waals surface area contributed by atoms with Crippen LogP contribution in [0.1, 0.15) is 31.2 Å². The minimum Gasteiger partial charge on any atom is -0.481 e. The molecule has 120 valence electrons. The first-order valence-electron chi connectivity index (χ1n) is 7.37. The van der Waals surface area contributed by atoms with Gasteiger partial charge in [0.15, 0.2) is 0 Å². The number of unbranched alkanes of at least 4 members (excludes halogenated alkanes) is 1. The average Bonchev–Trinajstić information content (AvgIpc) is 2.47. The fourth-order valence-corrected chi connectivity index (χ4v) is 1.88. The van der Waals surface area contributed by atoms with Crippen LogP contribution in [0.5, 0.6) is 0 Å². The van der Waals surface area contributed by atoms with Crippen LogP contribution in [-0.4, -0.2) is 36.0 Å². The predicted octanol–water partition coefficient (Wildman–Crippen LogP) is 1.11. The number of hydrogen-bond acceptors (Lipinski definition) is 3. The second-order valence-electron chi connectivity index (χ2n) is 4.96. The van der Waals surface area contributed by atoms with Crippen LogP contribution in [0.4, 0.5) is 0 Å². The van der Waals surface area contributed by atoms with E-state index >= 15 is 0 Å². The highest BCUT2D eigenvalue weighted by molar-refractivity contribution is 5.80. The van der Waals surface area contributed by atoms with Gasteiger partial charge >= 0.3 is 5.97 Å². The molecule has 0 bridgehead atoms. The number of carbonyl (C=O) groups excluding carboxylic acids is 2. The average molecular weight is 306 g/mol. The van der Waals surface area contributed by atoms with E-state index in [0.29, 0.717) is 32.4 Å². The topological polar surface area (TPSA) is 95.5 Å². The fraction of sp³-hybridized carbons (Fsp3) is 0.438. The lowest BCUT2D eigenvalue weighted by Crippen LogP contribution is -2.31. The Morgan fingerprint density at radius 1 is 0.864 bits per heavy atom. The summed E-state index contributed by atoms with van der Waals surface area (Å²) < 4.78 is 0. The van der Waals surface area contributed by atoms with E-state index in [1.54, 1.807) is 0 Å². The Kier molecular flexibility index (Phi) is 8.33. The van der Waals surface area contributed by atoms with Gasteiger partial charge in [0.05, 0.1) is 6.42 Å². The second-order valence-corrected chi connectivity index (χ2v) is 4.96. The third-order valence-corrected chi connectivity index (χ3v) is 3.02. The largest absolute Gasteiger partial charge is 0.481 e. The summed E-state index contributed by atoms with van der Waals surface area (Å²) in [7, 11) is 0. The number of carboxylic acid groups (broad SMARTS) is 1. The lowest BCUT2D eigenvalue weighted by atomic mass is 10.1. The monoisotopic (exact) mass is 306 g/mol. The van der Waals surface area contributed by atoms with Crippen LogP contribution < -0.4 is 10.6 Å². The molecule has 0 aliphatic rings. The second kappa shape index (κ2) is 10.4. The molecule has 22 heavy (non-hydrogen) atoms. The van der Waals surface area contributed by atoms with Gasteiger partial charge in [0.2, 0.25) is 11.8 Å². The van der Waals surface area contributed by atoms with Crippen LogP contribution in [0.2, 0.25) is 0 Å². The molecule has 0 aliphatic carbocycles. The summed E-state index contributed by atoms with van der Waals surface area (Å²) in [6.07, 6.45) is 1.82. The van der Waals surface area contributed by atoms with Gasteiger partial charge in [-0.2, -0.15) is 0 Å². The Bertz CT molecular complexity index is 488. The van der Waals surface area contributed by atoms with E-state index in [1.807, 2.05) is 30.3 Å². The highest BCUT2D eigenvalue weighted by Crippen LogP contribution is 1.99. The molecule has 0 spiro atoms. The maximum atomic E-state index is 11.7. The molecule has 2 amide bonds. The van der Waals surface area contributed by atoms with Crippen molar-refractivity contribution in [1.82, 2.24) is 10.6 Å². The number of carbonyl (C=O) groups is 3. The Balaban J connectivity index is 2.04. The summed E-state index contributed by atoms with van der Waals surface area (Å²) >= 11 is 0. The Morgan fingerprint density at radius 3 is 2.23 bits per heavy atom. The third kappa shape index (κ3) is 8.73. The molecule has 0 aliphatic heterocycles. The maximum Gasteiger partial charge on any atom is 0.303 e. The van der Waals surface area contributed by atoms with Gasteiger partial charge in [-0.25, -0.2) is 0 Å². The van der Waals surface area contributed by atoms with Gasteiger partial charge in [-0.15, -0.1) is 0 Å². The first kappa shape index (κ1) is 17.7. The first-order valence-corrected chi connectivity index (χ1v) is 7.37. The van der Waals surface area contributed by atoms with Gasteiger partial charge in [-0.3, -0.25) is 14.4 Å². The Hall–Kier alpha value is -2.37. The van der Waals surface area contributed by atoms with Gasteiger partial charge in [0.25, 0.3) is 0 Å². The van der Waals surface area contributed by atoms with Crippen LogP contribution in [0.15, 0.2) is 30.3 Å². The van der Waals surface area contributed by atoms with Crippen molar-refractivity contribution in [3.8, 4) is 0 Å². The van der Waals surface area contributed by atoms with E-state index in [9.17, 15) is 14.4 Å². The van der Waals surface area contributed by atoms with Crippen molar-refractivity contribution in [3.63, 3.8) is 0 Å². The van der Waals surface area contributed by atoms with E-state index in [1.165, 1.54) is 0 Å². The van der Waals surface area contributed by atoms with Gasteiger partial charge in [0.1, 0.15) is 0 Å². The van der Waals surface area contributed by atoms with E-state index < -0.39 is 5.97 Å². The molecule has 1 aromatic rings. The molecule has 0 aromatic heterocycles. The predicted molar refractivity (Wildman–Crippen MR) is 82.3 cm³/mol. The zero-order valence-electron chi connectivity index (χ0n) is 12.5. The van der Waals surface area contributed by atoms with Crippen molar-refractivity contribution in [2.75, 3.05) is 13.1 Å². The van der Waals surface area contributed by atoms with E-state index in [4.69, 9.17) is 5.11 Å². The minimum atomic E-state index is -0.826. The molecule has 0 fully saturated rings. The molecular weight excluding hydrogens is 284 g/mol. The summed E-state index contributed by atoms with van der Waals surface area (Å²) in [5, 5.41) is 13.9. The van der Waals surface area contributed by atoms with Crippen molar-refractivity contribution < 1.29 is 19.5 Å². The highest BCUT2D eigenvalue weighted by Gasteiger charge is 2.05. The molecule has 0 saturated carbocycles. The molecule has 1 aromatic carbocycles. The van der Waals surface area contributed by atoms with Crippen molar-refractivity contribution >= 4 is 17.8 Å². The van der Waals surface area contributed by atoms with E-state index in [-0.39, 0.29) is 24.7 Å². The van der Waals surface area contributed by atoms with E-state index in [0.717, 1.165) is 5.56 Å². The minimum absolute atomic E-state index is 0.111. The Labute approximate surface area is 129 Å². The van der Waals surface area contributed by atoms with Gasteiger partial charge in [-0.1, -0.05) is 30.3 Å². The number of aliphatic carboxylic acids is 1. The summed E-state index contributed by atoms with van der Waals surface area (Å²) in [4.78, 5) is 33.5. The zero-order valence-corrected chi connectivity index (χ0v) is 12.5. The highest BCUT2D eigenvalue weighted by atomic mass is 16.4. The molecule has 3 N–H and O–H groups in total. The molecule has 1 rings (SSSR count). The maximum absolute atomic E-state index is 11.7. The fourth-order valence-electron chi connectivity index (χ4n) is 1.88. The van der Waals surface area contributed by atoms with Crippen LogP contribution in [0.25, 0.3) is 0 Å². The van der Waals surface area contributed by atoms with Crippen molar-refractivity contribution in [1.29, 1.82) is 0 Å². The molecule has 0 unspecified atom stereocenters. The summed E-state index contributed by atoms with van der Waals surface area (Å²) in [5.74, 6) is -1.08. The number of amides is 2. The first-order chi connectivity index (χ1) is 10.6. The molecular formula is C16H22N2O4.